The van der Waals surface area contributed by atoms with E-state index in [0.29, 0.717) is 31.1 Å². The van der Waals surface area contributed by atoms with Gasteiger partial charge in [0.1, 0.15) is 12.4 Å². The first kappa shape index (κ1) is 15.0. The van der Waals surface area contributed by atoms with Gasteiger partial charge in [0.15, 0.2) is 5.78 Å². The van der Waals surface area contributed by atoms with Gasteiger partial charge in [-0.3, -0.25) is 4.79 Å². The van der Waals surface area contributed by atoms with Gasteiger partial charge in [0.05, 0.1) is 24.2 Å². The number of carbonyl (C=O) groups excluding carboxylic acids is 1. The van der Waals surface area contributed by atoms with E-state index in [2.05, 4.69) is 6.92 Å². The van der Waals surface area contributed by atoms with E-state index in [1.165, 1.54) is 0 Å². The molecule has 0 aromatic heterocycles. The van der Waals surface area contributed by atoms with E-state index in [0.717, 1.165) is 12.8 Å². The fraction of sp³-hybridized carbons (Fsp3) is 0.562. The Bertz CT molecular complexity index is 444. The molecule has 110 valence electrons. The predicted molar refractivity (Wildman–Crippen MR) is 76.3 cm³/mol. The van der Waals surface area contributed by atoms with Gasteiger partial charge in [0.25, 0.3) is 0 Å². The van der Waals surface area contributed by atoms with Gasteiger partial charge in [-0.25, -0.2) is 0 Å². The molecule has 1 heterocycles. The van der Waals surface area contributed by atoms with E-state index in [1.807, 2.05) is 24.3 Å². The summed E-state index contributed by atoms with van der Waals surface area (Å²) in [6.45, 7) is 3.67. The van der Waals surface area contributed by atoms with Crippen molar-refractivity contribution >= 4 is 5.78 Å². The van der Waals surface area contributed by atoms with Crippen molar-refractivity contribution < 1.29 is 19.0 Å². The number of hydrogen-bond donors (Lipinski definition) is 0. The summed E-state index contributed by atoms with van der Waals surface area (Å²) in [5, 5.41) is 0. The Hall–Kier alpha value is -1.39. The van der Waals surface area contributed by atoms with E-state index in [9.17, 15) is 4.79 Å². The first-order chi connectivity index (χ1) is 9.77. The zero-order chi connectivity index (χ0) is 14.4. The molecule has 0 radical (unpaired) electrons. The highest BCUT2D eigenvalue weighted by atomic mass is 16.5. The van der Waals surface area contributed by atoms with Crippen molar-refractivity contribution in [2.24, 2.45) is 5.92 Å². The number of ether oxygens (including phenoxy) is 3. The average molecular weight is 278 g/mol. The first-order valence-corrected chi connectivity index (χ1v) is 7.14. The molecule has 2 unspecified atom stereocenters. The second-order valence-corrected chi connectivity index (χ2v) is 4.91. The Balaban J connectivity index is 2.12. The molecule has 1 aromatic rings. The molecule has 20 heavy (non-hydrogen) atoms. The van der Waals surface area contributed by atoms with Crippen molar-refractivity contribution in [2.75, 3.05) is 26.9 Å². The zero-order valence-corrected chi connectivity index (χ0v) is 12.1. The van der Waals surface area contributed by atoms with E-state index < -0.39 is 0 Å². The number of carbonyl (C=O) groups is 1. The fourth-order valence-corrected chi connectivity index (χ4v) is 2.58. The molecule has 0 spiro atoms. The molecule has 1 fully saturated rings. The van der Waals surface area contributed by atoms with Crippen LogP contribution in [0.3, 0.4) is 0 Å². The molecule has 2 rings (SSSR count). The van der Waals surface area contributed by atoms with Crippen molar-refractivity contribution in [3.63, 3.8) is 0 Å². The van der Waals surface area contributed by atoms with E-state index in [1.54, 1.807) is 7.11 Å². The fourth-order valence-electron chi connectivity index (χ4n) is 2.58. The minimum Gasteiger partial charge on any atom is -0.490 e. The lowest BCUT2D eigenvalue weighted by Crippen LogP contribution is -2.24. The van der Waals surface area contributed by atoms with Crippen LogP contribution >= 0.6 is 0 Å². The lowest BCUT2D eigenvalue weighted by molar-refractivity contribution is 0.0685. The predicted octanol–water partition coefficient (Wildman–Crippen LogP) is 2.71. The molecule has 0 N–H and O–H groups in total. The van der Waals surface area contributed by atoms with Crippen LogP contribution in [-0.2, 0) is 9.47 Å². The second-order valence-electron chi connectivity index (χ2n) is 4.91. The van der Waals surface area contributed by atoms with Crippen LogP contribution in [0.1, 0.15) is 30.1 Å². The summed E-state index contributed by atoms with van der Waals surface area (Å²) in [6.07, 6.45) is 1.70. The van der Waals surface area contributed by atoms with Gasteiger partial charge in [-0.05, 0) is 25.0 Å². The number of ketones is 1. The molecular formula is C16H22O4. The highest BCUT2D eigenvalue weighted by Crippen LogP contribution is 2.30. The van der Waals surface area contributed by atoms with Crippen LogP contribution in [0.2, 0.25) is 0 Å². The molecular weight excluding hydrogens is 256 g/mol. The molecule has 0 aliphatic carbocycles. The van der Waals surface area contributed by atoms with E-state index in [4.69, 9.17) is 14.2 Å². The monoisotopic (exact) mass is 278 g/mol. The Morgan fingerprint density at radius 2 is 2.15 bits per heavy atom. The summed E-state index contributed by atoms with van der Waals surface area (Å²) in [4.78, 5) is 12.7. The third-order valence-corrected chi connectivity index (χ3v) is 3.65. The van der Waals surface area contributed by atoms with Crippen molar-refractivity contribution in [2.45, 2.75) is 25.9 Å². The Morgan fingerprint density at radius 1 is 1.35 bits per heavy atom. The average Bonchev–Trinajstić information content (AvgIpc) is 2.96. The second kappa shape index (κ2) is 7.41. The summed E-state index contributed by atoms with van der Waals surface area (Å²) in [5.74, 6) is 0.714. The topological polar surface area (TPSA) is 44.8 Å². The molecule has 4 nitrogen and oxygen atoms in total. The van der Waals surface area contributed by atoms with Gasteiger partial charge >= 0.3 is 0 Å². The van der Waals surface area contributed by atoms with Gasteiger partial charge in [0.2, 0.25) is 0 Å². The maximum atomic E-state index is 12.7. The van der Waals surface area contributed by atoms with Gasteiger partial charge in [-0.15, -0.1) is 0 Å². The number of Topliss-reactive ketones (excluding diaryl/α,β-unsaturated/α-hetero) is 1. The van der Waals surface area contributed by atoms with Crippen LogP contribution in [0.5, 0.6) is 5.75 Å². The lowest BCUT2D eigenvalue weighted by Gasteiger charge is -2.17. The normalized spacial score (nSPS) is 21.9. The zero-order valence-electron chi connectivity index (χ0n) is 12.1. The number of rotatable bonds is 7. The third-order valence-electron chi connectivity index (χ3n) is 3.65. The van der Waals surface area contributed by atoms with Crippen LogP contribution in [0.4, 0.5) is 0 Å². The quantitative estimate of drug-likeness (QED) is 0.568. The SMILES string of the molecule is CCC1OCCC1C(=O)c1ccccc1OCCOC. The Kier molecular flexibility index (Phi) is 5.56. The summed E-state index contributed by atoms with van der Waals surface area (Å²) in [7, 11) is 1.63. The van der Waals surface area contributed by atoms with Crippen LogP contribution in [0.15, 0.2) is 24.3 Å². The van der Waals surface area contributed by atoms with Crippen molar-refractivity contribution in [3.05, 3.63) is 29.8 Å². The van der Waals surface area contributed by atoms with Crippen LogP contribution in [0.25, 0.3) is 0 Å². The summed E-state index contributed by atoms with van der Waals surface area (Å²) in [5.41, 5.74) is 0.651. The number of hydrogen-bond acceptors (Lipinski definition) is 4. The maximum Gasteiger partial charge on any atom is 0.172 e. The van der Waals surface area contributed by atoms with Gasteiger partial charge in [-0.1, -0.05) is 19.1 Å². The molecule has 1 aliphatic heterocycles. The minimum atomic E-state index is -0.0489. The molecule has 1 aliphatic rings. The van der Waals surface area contributed by atoms with Gasteiger partial charge < -0.3 is 14.2 Å². The van der Waals surface area contributed by atoms with Crippen LogP contribution < -0.4 is 4.74 Å². The Labute approximate surface area is 120 Å². The van der Waals surface area contributed by atoms with Crippen LogP contribution in [0, 0.1) is 5.92 Å². The molecule has 0 amide bonds. The first-order valence-electron chi connectivity index (χ1n) is 7.14. The maximum absolute atomic E-state index is 12.7. The van der Waals surface area contributed by atoms with Crippen LogP contribution in [-0.4, -0.2) is 38.8 Å². The summed E-state index contributed by atoms with van der Waals surface area (Å²) < 4.78 is 16.2. The minimum absolute atomic E-state index is 0.0366. The van der Waals surface area contributed by atoms with Crippen molar-refractivity contribution in [1.82, 2.24) is 0 Å². The largest absolute Gasteiger partial charge is 0.490 e. The molecule has 0 bridgehead atoms. The number of para-hydroxylation sites is 1. The standard InChI is InChI=1S/C16H22O4/c1-3-14-13(8-9-19-14)16(17)12-6-4-5-7-15(12)20-11-10-18-2/h4-7,13-14H,3,8-11H2,1-2H3. The van der Waals surface area contributed by atoms with Gasteiger partial charge in [-0.2, -0.15) is 0 Å². The smallest absolute Gasteiger partial charge is 0.172 e. The van der Waals surface area contributed by atoms with Crippen molar-refractivity contribution in [3.8, 4) is 5.75 Å². The summed E-state index contributed by atoms with van der Waals surface area (Å²) >= 11 is 0. The van der Waals surface area contributed by atoms with Gasteiger partial charge in [0, 0.05) is 13.7 Å². The highest BCUT2D eigenvalue weighted by Gasteiger charge is 2.34. The van der Waals surface area contributed by atoms with E-state index >= 15 is 0 Å². The molecule has 2 atom stereocenters. The third kappa shape index (κ3) is 3.38. The Morgan fingerprint density at radius 3 is 2.90 bits per heavy atom. The lowest BCUT2D eigenvalue weighted by atomic mass is 9.90. The number of methoxy groups -OCH3 is 1. The highest BCUT2D eigenvalue weighted by molar-refractivity contribution is 6.00. The molecule has 1 saturated heterocycles. The number of benzene rings is 1. The molecule has 1 aromatic carbocycles. The summed E-state index contributed by atoms with van der Waals surface area (Å²) in [6, 6.07) is 7.41. The van der Waals surface area contributed by atoms with E-state index in [-0.39, 0.29) is 17.8 Å². The molecule has 0 saturated carbocycles. The van der Waals surface area contributed by atoms with Crippen molar-refractivity contribution in [1.29, 1.82) is 0 Å². The molecule has 4 heteroatoms.